The van der Waals surface area contributed by atoms with E-state index < -0.39 is 0 Å². The first-order valence-corrected chi connectivity index (χ1v) is 10.3. The van der Waals surface area contributed by atoms with Crippen molar-refractivity contribution in [3.63, 3.8) is 0 Å². The maximum absolute atomic E-state index is 12.6. The quantitative estimate of drug-likeness (QED) is 0.697. The Kier molecular flexibility index (Phi) is 7.68. The van der Waals surface area contributed by atoms with Crippen LogP contribution in [0, 0.1) is 5.92 Å². The topological polar surface area (TPSA) is 79.9 Å². The third kappa shape index (κ3) is 6.22. The molecule has 1 saturated heterocycles. The lowest BCUT2D eigenvalue weighted by molar-refractivity contribution is -0.114. The molecule has 30 heavy (non-hydrogen) atoms. The number of ether oxygens (including phenoxy) is 2. The number of benzene rings is 2. The SMILES string of the molecule is CC(C)COc1ccccc1NCC(=O)Nc1cccc(C(=O)N2CCOCC2)c1. The van der Waals surface area contributed by atoms with Gasteiger partial charge in [-0.3, -0.25) is 9.59 Å². The summed E-state index contributed by atoms with van der Waals surface area (Å²) in [4.78, 5) is 26.8. The second-order valence-electron chi connectivity index (χ2n) is 7.59. The van der Waals surface area contributed by atoms with Gasteiger partial charge >= 0.3 is 0 Å². The summed E-state index contributed by atoms with van der Waals surface area (Å²) in [6.45, 7) is 7.13. The van der Waals surface area contributed by atoms with Crippen molar-refractivity contribution in [2.24, 2.45) is 5.92 Å². The number of nitrogens with zero attached hydrogens (tertiary/aromatic N) is 1. The molecule has 7 nitrogen and oxygen atoms in total. The number of nitrogens with one attached hydrogen (secondary N) is 2. The zero-order valence-electron chi connectivity index (χ0n) is 17.5. The van der Waals surface area contributed by atoms with E-state index in [1.54, 1.807) is 29.2 Å². The van der Waals surface area contributed by atoms with E-state index in [-0.39, 0.29) is 18.4 Å². The van der Waals surface area contributed by atoms with Crippen LogP contribution >= 0.6 is 0 Å². The summed E-state index contributed by atoms with van der Waals surface area (Å²) in [5.41, 5.74) is 1.91. The second-order valence-corrected chi connectivity index (χ2v) is 7.59. The van der Waals surface area contributed by atoms with Gasteiger partial charge in [0.2, 0.25) is 5.91 Å². The zero-order valence-corrected chi connectivity index (χ0v) is 17.5. The van der Waals surface area contributed by atoms with Gasteiger partial charge in [0.05, 0.1) is 32.1 Å². The van der Waals surface area contributed by atoms with Crippen molar-refractivity contribution < 1.29 is 19.1 Å². The van der Waals surface area contributed by atoms with Crippen LogP contribution in [0.1, 0.15) is 24.2 Å². The van der Waals surface area contributed by atoms with Crippen LogP contribution in [0.4, 0.5) is 11.4 Å². The summed E-state index contributed by atoms with van der Waals surface area (Å²) in [6, 6.07) is 14.6. The Balaban J connectivity index is 1.56. The van der Waals surface area contributed by atoms with E-state index in [1.165, 1.54) is 0 Å². The number of morpholine rings is 1. The van der Waals surface area contributed by atoms with Crippen molar-refractivity contribution in [1.29, 1.82) is 0 Å². The molecule has 1 aliphatic heterocycles. The minimum atomic E-state index is -0.204. The van der Waals surface area contributed by atoms with Crippen molar-refractivity contribution in [2.45, 2.75) is 13.8 Å². The second kappa shape index (κ2) is 10.6. The minimum absolute atomic E-state index is 0.0521. The summed E-state index contributed by atoms with van der Waals surface area (Å²) in [6.07, 6.45) is 0. The number of para-hydroxylation sites is 2. The molecule has 0 radical (unpaired) electrons. The number of hydrogen-bond acceptors (Lipinski definition) is 5. The average Bonchev–Trinajstić information content (AvgIpc) is 2.77. The van der Waals surface area contributed by atoms with E-state index >= 15 is 0 Å². The molecular formula is C23H29N3O4. The Hall–Kier alpha value is -3.06. The fourth-order valence-corrected chi connectivity index (χ4v) is 3.05. The third-order valence-corrected chi connectivity index (χ3v) is 4.59. The summed E-state index contributed by atoms with van der Waals surface area (Å²) in [7, 11) is 0. The van der Waals surface area contributed by atoms with Gasteiger partial charge in [0.25, 0.3) is 5.91 Å². The van der Waals surface area contributed by atoms with Gasteiger partial charge in [0.15, 0.2) is 0 Å². The van der Waals surface area contributed by atoms with Gasteiger partial charge in [-0.25, -0.2) is 0 Å². The molecule has 3 rings (SSSR count). The number of carbonyl (C=O) groups is 2. The molecule has 1 fully saturated rings. The predicted molar refractivity (Wildman–Crippen MR) is 117 cm³/mol. The predicted octanol–water partition coefficient (Wildman–Crippen LogP) is 3.24. The number of hydrogen-bond donors (Lipinski definition) is 2. The van der Waals surface area contributed by atoms with E-state index in [2.05, 4.69) is 24.5 Å². The number of carbonyl (C=O) groups excluding carboxylic acids is 2. The van der Waals surface area contributed by atoms with E-state index in [9.17, 15) is 9.59 Å². The van der Waals surface area contributed by atoms with Gasteiger partial charge in [0.1, 0.15) is 5.75 Å². The number of anilines is 2. The number of amides is 2. The molecule has 7 heteroatoms. The highest BCUT2D eigenvalue weighted by molar-refractivity contribution is 5.98. The van der Waals surface area contributed by atoms with Crippen LogP contribution in [0.2, 0.25) is 0 Å². The lowest BCUT2D eigenvalue weighted by atomic mass is 10.1. The Morgan fingerprint density at radius 1 is 1.10 bits per heavy atom. The number of rotatable bonds is 8. The van der Waals surface area contributed by atoms with Gasteiger partial charge in [-0.05, 0) is 36.2 Å². The first-order valence-electron chi connectivity index (χ1n) is 10.3. The first kappa shape index (κ1) is 21.6. The Morgan fingerprint density at radius 3 is 2.63 bits per heavy atom. The normalized spacial score (nSPS) is 13.8. The van der Waals surface area contributed by atoms with Crippen LogP contribution in [0.3, 0.4) is 0 Å². The Morgan fingerprint density at radius 2 is 1.87 bits per heavy atom. The van der Waals surface area contributed by atoms with Crippen molar-refractivity contribution >= 4 is 23.2 Å². The van der Waals surface area contributed by atoms with E-state index in [4.69, 9.17) is 9.47 Å². The average molecular weight is 412 g/mol. The highest BCUT2D eigenvalue weighted by Gasteiger charge is 2.18. The molecular weight excluding hydrogens is 382 g/mol. The van der Waals surface area contributed by atoms with Gasteiger partial charge < -0.3 is 25.0 Å². The van der Waals surface area contributed by atoms with Crippen LogP contribution in [0.15, 0.2) is 48.5 Å². The molecule has 2 amide bonds. The molecule has 160 valence electrons. The summed E-state index contributed by atoms with van der Waals surface area (Å²) >= 11 is 0. The van der Waals surface area contributed by atoms with Crippen molar-refractivity contribution in [1.82, 2.24) is 4.90 Å². The third-order valence-electron chi connectivity index (χ3n) is 4.59. The Labute approximate surface area is 177 Å². The molecule has 1 heterocycles. The maximum atomic E-state index is 12.6. The van der Waals surface area contributed by atoms with Crippen molar-refractivity contribution in [2.75, 3.05) is 50.1 Å². The highest BCUT2D eigenvalue weighted by Crippen LogP contribution is 2.24. The monoisotopic (exact) mass is 411 g/mol. The van der Waals surface area contributed by atoms with E-state index in [0.29, 0.717) is 50.1 Å². The van der Waals surface area contributed by atoms with Crippen LogP contribution in [-0.2, 0) is 9.53 Å². The van der Waals surface area contributed by atoms with Gasteiger partial charge in [0, 0.05) is 24.3 Å². The van der Waals surface area contributed by atoms with Crippen LogP contribution < -0.4 is 15.4 Å². The standard InChI is InChI=1S/C23H29N3O4/c1-17(2)16-30-21-9-4-3-8-20(21)24-15-22(27)25-19-7-5-6-18(14-19)23(28)26-10-12-29-13-11-26/h3-9,14,17,24H,10-13,15-16H2,1-2H3,(H,25,27). The minimum Gasteiger partial charge on any atom is -0.491 e. The fourth-order valence-electron chi connectivity index (χ4n) is 3.05. The smallest absolute Gasteiger partial charge is 0.254 e. The molecule has 0 aromatic heterocycles. The molecule has 0 saturated carbocycles. The Bertz CT molecular complexity index is 863. The maximum Gasteiger partial charge on any atom is 0.254 e. The van der Waals surface area contributed by atoms with Crippen molar-refractivity contribution in [3.8, 4) is 5.75 Å². The van der Waals surface area contributed by atoms with Gasteiger partial charge in [-0.2, -0.15) is 0 Å². The fraction of sp³-hybridized carbons (Fsp3) is 0.391. The van der Waals surface area contributed by atoms with Gasteiger partial charge in [-0.1, -0.05) is 32.0 Å². The first-order chi connectivity index (χ1) is 14.5. The zero-order chi connectivity index (χ0) is 21.3. The molecule has 0 spiro atoms. The van der Waals surface area contributed by atoms with Crippen molar-refractivity contribution in [3.05, 3.63) is 54.1 Å². The molecule has 0 aliphatic carbocycles. The summed E-state index contributed by atoms with van der Waals surface area (Å²) in [5.74, 6) is 0.874. The molecule has 1 aliphatic rings. The van der Waals surface area contributed by atoms with E-state index in [1.807, 2.05) is 24.3 Å². The molecule has 2 N–H and O–H groups in total. The summed E-state index contributed by atoms with van der Waals surface area (Å²) in [5, 5.41) is 5.96. The largest absolute Gasteiger partial charge is 0.491 e. The molecule has 2 aromatic rings. The molecule has 2 aromatic carbocycles. The van der Waals surface area contributed by atoms with Crippen LogP contribution in [-0.4, -0.2) is 56.2 Å². The summed E-state index contributed by atoms with van der Waals surface area (Å²) < 4.78 is 11.1. The lowest BCUT2D eigenvalue weighted by Crippen LogP contribution is -2.40. The van der Waals surface area contributed by atoms with Gasteiger partial charge in [-0.15, -0.1) is 0 Å². The van der Waals surface area contributed by atoms with E-state index in [0.717, 1.165) is 11.4 Å². The van der Waals surface area contributed by atoms with Crippen LogP contribution in [0.5, 0.6) is 5.75 Å². The molecule has 0 unspecified atom stereocenters. The molecule has 0 atom stereocenters. The molecule has 0 bridgehead atoms. The van der Waals surface area contributed by atoms with Crippen LogP contribution in [0.25, 0.3) is 0 Å². The highest BCUT2D eigenvalue weighted by atomic mass is 16.5. The lowest BCUT2D eigenvalue weighted by Gasteiger charge is -2.27.